The average Bonchev–Trinajstić information content (AvgIpc) is 2.37. The standard InChI is InChI=1S/C14H21Br2NO2/c1-2-7-19-14-11(8-12(15)9-13(14)16)10-17-5-3-4-6-18/h8-9,17-18H,2-7,10H2,1H3. The third-order valence-corrected chi connectivity index (χ3v) is 3.66. The number of hydrogen-bond donors (Lipinski definition) is 2. The van der Waals surface area contributed by atoms with E-state index in [1.807, 2.05) is 6.07 Å². The Hall–Kier alpha value is -0.100. The molecule has 0 aliphatic carbocycles. The number of hydrogen-bond acceptors (Lipinski definition) is 3. The summed E-state index contributed by atoms with van der Waals surface area (Å²) in [5, 5.41) is 12.1. The van der Waals surface area contributed by atoms with E-state index in [9.17, 15) is 0 Å². The second-order valence-electron chi connectivity index (χ2n) is 4.33. The van der Waals surface area contributed by atoms with E-state index in [1.54, 1.807) is 0 Å². The zero-order chi connectivity index (χ0) is 14.1. The first-order valence-electron chi connectivity index (χ1n) is 6.61. The summed E-state index contributed by atoms with van der Waals surface area (Å²) in [4.78, 5) is 0. The fraction of sp³-hybridized carbons (Fsp3) is 0.571. The van der Waals surface area contributed by atoms with Crippen molar-refractivity contribution in [2.75, 3.05) is 19.8 Å². The average molecular weight is 395 g/mol. The lowest BCUT2D eigenvalue weighted by Gasteiger charge is -2.14. The van der Waals surface area contributed by atoms with Gasteiger partial charge < -0.3 is 15.2 Å². The molecule has 0 heterocycles. The first-order valence-corrected chi connectivity index (χ1v) is 8.20. The van der Waals surface area contributed by atoms with Crippen LogP contribution in [0.5, 0.6) is 5.75 Å². The van der Waals surface area contributed by atoms with Crippen molar-refractivity contribution in [1.82, 2.24) is 5.32 Å². The Morgan fingerprint density at radius 1 is 1.26 bits per heavy atom. The number of rotatable bonds is 9. The zero-order valence-electron chi connectivity index (χ0n) is 11.2. The number of unbranched alkanes of at least 4 members (excludes halogenated alkanes) is 1. The number of aliphatic hydroxyl groups excluding tert-OH is 1. The molecule has 1 rings (SSSR count). The number of aliphatic hydroxyl groups is 1. The Kier molecular flexibility index (Phi) is 8.70. The van der Waals surface area contributed by atoms with Crippen LogP contribution in [0.3, 0.4) is 0 Å². The van der Waals surface area contributed by atoms with Crippen LogP contribution in [0.15, 0.2) is 21.1 Å². The molecule has 108 valence electrons. The van der Waals surface area contributed by atoms with Crippen LogP contribution in [0.1, 0.15) is 31.7 Å². The molecule has 19 heavy (non-hydrogen) atoms. The van der Waals surface area contributed by atoms with Gasteiger partial charge in [-0.05, 0) is 53.9 Å². The van der Waals surface area contributed by atoms with E-state index in [0.717, 1.165) is 59.2 Å². The largest absolute Gasteiger partial charge is 0.492 e. The molecule has 1 aromatic carbocycles. The molecule has 0 aromatic heterocycles. The molecule has 0 fully saturated rings. The molecular weight excluding hydrogens is 374 g/mol. The van der Waals surface area contributed by atoms with Crippen molar-refractivity contribution in [3.8, 4) is 5.75 Å². The highest BCUT2D eigenvalue weighted by molar-refractivity contribution is 9.11. The molecule has 0 aliphatic heterocycles. The minimum Gasteiger partial charge on any atom is -0.492 e. The summed E-state index contributed by atoms with van der Waals surface area (Å²) in [6.07, 6.45) is 2.82. The highest BCUT2D eigenvalue weighted by atomic mass is 79.9. The van der Waals surface area contributed by atoms with Crippen LogP contribution in [0.25, 0.3) is 0 Å². The van der Waals surface area contributed by atoms with Crippen LogP contribution in [-0.4, -0.2) is 24.9 Å². The molecule has 0 bridgehead atoms. The summed E-state index contributed by atoms with van der Waals surface area (Å²) in [6, 6.07) is 4.08. The van der Waals surface area contributed by atoms with Crippen LogP contribution in [0.2, 0.25) is 0 Å². The monoisotopic (exact) mass is 393 g/mol. The molecular formula is C14H21Br2NO2. The van der Waals surface area contributed by atoms with Crippen LogP contribution in [0.4, 0.5) is 0 Å². The second kappa shape index (κ2) is 9.75. The molecule has 0 saturated carbocycles. The van der Waals surface area contributed by atoms with Crippen LogP contribution in [-0.2, 0) is 6.54 Å². The lowest BCUT2D eigenvalue weighted by atomic mass is 10.2. The molecule has 3 nitrogen and oxygen atoms in total. The maximum atomic E-state index is 8.74. The van der Waals surface area contributed by atoms with Gasteiger partial charge in [0.15, 0.2) is 0 Å². The first kappa shape index (κ1) is 17.0. The van der Waals surface area contributed by atoms with E-state index < -0.39 is 0 Å². The number of nitrogens with one attached hydrogen (secondary N) is 1. The lowest BCUT2D eigenvalue weighted by Crippen LogP contribution is -2.16. The molecule has 0 amide bonds. The maximum absolute atomic E-state index is 8.74. The van der Waals surface area contributed by atoms with E-state index in [-0.39, 0.29) is 6.61 Å². The van der Waals surface area contributed by atoms with E-state index in [1.165, 1.54) is 0 Å². The van der Waals surface area contributed by atoms with Gasteiger partial charge >= 0.3 is 0 Å². The summed E-state index contributed by atoms with van der Waals surface area (Å²) in [7, 11) is 0. The Balaban J connectivity index is 2.62. The number of benzene rings is 1. The second-order valence-corrected chi connectivity index (χ2v) is 6.10. The molecule has 5 heteroatoms. The van der Waals surface area contributed by atoms with Gasteiger partial charge in [0.25, 0.3) is 0 Å². The normalized spacial score (nSPS) is 10.7. The van der Waals surface area contributed by atoms with Crippen molar-refractivity contribution in [3.63, 3.8) is 0 Å². The molecule has 0 radical (unpaired) electrons. The van der Waals surface area contributed by atoms with Gasteiger partial charge in [-0.1, -0.05) is 22.9 Å². The Morgan fingerprint density at radius 2 is 2.05 bits per heavy atom. The molecule has 0 unspecified atom stereocenters. The summed E-state index contributed by atoms with van der Waals surface area (Å²) < 4.78 is 7.81. The molecule has 0 aliphatic rings. The van der Waals surface area contributed by atoms with Crippen molar-refractivity contribution >= 4 is 31.9 Å². The number of ether oxygens (including phenoxy) is 1. The van der Waals surface area contributed by atoms with Gasteiger partial charge in [0.05, 0.1) is 11.1 Å². The fourth-order valence-electron chi connectivity index (χ4n) is 1.70. The molecule has 1 aromatic rings. The summed E-state index contributed by atoms with van der Waals surface area (Å²) in [5.41, 5.74) is 1.14. The SMILES string of the molecule is CCCOc1c(Br)cc(Br)cc1CNCCCCO. The Labute approximate surface area is 132 Å². The van der Waals surface area contributed by atoms with Crippen LogP contribution in [0, 0.1) is 0 Å². The highest BCUT2D eigenvalue weighted by Gasteiger charge is 2.09. The third-order valence-electron chi connectivity index (χ3n) is 2.61. The van der Waals surface area contributed by atoms with Gasteiger partial charge in [-0.2, -0.15) is 0 Å². The van der Waals surface area contributed by atoms with Crippen molar-refractivity contribution in [2.24, 2.45) is 0 Å². The Bertz CT molecular complexity index is 386. The van der Waals surface area contributed by atoms with E-state index in [2.05, 4.69) is 50.2 Å². The summed E-state index contributed by atoms with van der Waals surface area (Å²) in [6.45, 7) is 4.74. The summed E-state index contributed by atoms with van der Waals surface area (Å²) in [5.74, 6) is 0.916. The molecule has 0 atom stereocenters. The zero-order valence-corrected chi connectivity index (χ0v) is 14.4. The van der Waals surface area contributed by atoms with E-state index in [4.69, 9.17) is 9.84 Å². The predicted molar refractivity (Wildman–Crippen MR) is 85.7 cm³/mol. The first-order chi connectivity index (χ1) is 9.19. The maximum Gasteiger partial charge on any atom is 0.138 e. The van der Waals surface area contributed by atoms with Crippen LogP contribution >= 0.6 is 31.9 Å². The van der Waals surface area contributed by atoms with Crippen LogP contribution < -0.4 is 10.1 Å². The molecule has 0 spiro atoms. The topological polar surface area (TPSA) is 41.5 Å². The fourth-order valence-corrected chi connectivity index (χ4v) is 3.12. The quantitative estimate of drug-likeness (QED) is 0.624. The van der Waals surface area contributed by atoms with Gasteiger partial charge in [0.2, 0.25) is 0 Å². The van der Waals surface area contributed by atoms with Gasteiger partial charge in [0.1, 0.15) is 5.75 Å². The van der Waals surface area contributed by atoms with Gasteiger partial charge in [0, 0.05) is 23.2 Å². The van der Waals surface area contributed by atoms with Gasteiger partial charge in [-0.3, -0.25) is 0 Å². The smallest absolute Gasteiger partial charge is 0.138 e. The van der Waals surface area contributed by atoms with Crippen molar-refractivity contribution in [2.45, 2.75) is 32.7 Å². The molecule has 2 N–H and O–H groups in total. The molecule has 0 saturated heterocycles. The lowest BCUT2D eigenvalue weighted by molar-refractivity contribution is 0.283. The third kappa shape index (κ3) is 6.25. The van der Waals surface area contributed by atoms with Crippen molar-refractivity contribution in [3.05, 3.63) is 26.6 Å². The predicted octanol–water partition coefficient (Wildman–Crippen LogP) is 3.86. The van der Waals surface area contributed by atoms with Crippen molar-refractivity contribution < 1.29 is 9.84 Å². The minimum atomic E-state index is 0.259. The summed E-state index contributed by atoms with van der Waals surface area (Å²) >= 11 is 7.05. The Morgan fingerprint density at radius 3 is 2.74 bits per heavy atom. The highest BCUT2D eigenvalue weighted by Crippen LogP contribution is 2.33. The minimum absolute atomic E-state index is 0.259. The number of halogens is 2. The van der Waals surface area contributed by atoms with E-state index in [0.29, 0.717) is 0 Å². The van der Waals surface area contributed by atoms with Crippen molar-refractivity contribution in [1.29, 1.82) is 0 Å². The van der Waals surface area contributed by atoms with E-state index >= 15 is 0 Å². The van der Waals surface area contributed by atoms with Gasteiger partial charge in [-0.15, -0.1) is 0 Å². The van der Waals surface area contributed by atoms with Gasteiger partial charge in [-0.25, -0.2) is 0 Å².